The Bertz CT molecular complexity index is 1220. The van der Waals surface area contributed by atoms with Crippen molar-refractivity contribution in [2.24, 2.45) is 5.92 Å². The molecule has 36 heavy (non-hydrogen) atoms. The predicted molar refractivity (Wildman–Crippen MR) is 136 cm³/mol. The number of carbonyl (C=O) groups excluding carboxylic acids is 1. The smallest absolute Gasteiger partial charge is 0.246 e. The fourth-order valence-corrected chi connectivity index (χ4v) is 7.88. The first kappa shape index (κ1) is 23.4. The summed E-state index contributed by atoms with van der Waals surface area (Å²) in [5.41, 5.74) is 1.18. The molecule has 7 heteroatoms. The predicted octanol–water partition coefficient (Wildman–Crippen LogP) is 3.50. The Morgan fingerprint density at radius 1 is 1.36 bits per heavy atom. The van der Waals surface area contributed by atoms with Crippen molar-refractivity contribution in [3.05, 3.63) is 66.1 Å². The Hall–Kier alpha value is -3.03. The lowest BCUT2D eigenvalue weighted by atomic mass is 9.45. The van der Waals surface area contributed by atoms with Crippen molar-refractivity contribution >= 4 is 12.0 Å². The molecule has 1 saturated carbocycles. The van der Waals surface area contributed by atoms with E-state index in [0.717, 1.165) is 29.7 Å². The number of likely N-dealkylation sites (tertiary alicyclic amines) is 1. The number of phenols is 1. The minimum atomic E-state index is -1.03. The molecule has 3 heterocycles. The molecular weight excluding hydrogens is 456 g/mol. The number of carbonyl (C=O) groups is 1. The number of furan rings is 1. The van der Waals surface area contributed by atoms with Crippen LogP contribution in [0.25, 0.3) is 6.08 Å². The Morgan fingerprint density at radius 2 is 2.19 bits per heavy atom. The summed E-state index contributed by atoms with van der Waals surface area (Å²) >= 11 is 0. The van der Waals surface area contributed by atoms with Gasteiger partial charge in [0, 0.05) is 36.8 Å². The molecule has 0 radical (unpaired) electrons. The number of benzene rings is 1. The van der Waals surface area contributed by atoms with Crippen LogP contribution in [0.2, 0.25) is 0 Å². The molecule has 2 aliphatic carbocycles. The van der Waals surface area contributed by atoms with E-state index >= 15 is 0 Å². The maximum Gasteiger partial charge on any atom is 0.246 e. The van der Waals surface area contributed by atoms with Crippen LogP contribution in [-0.4, -0.2) is 69.8 Å². The largest absolute Gasteiger partial charge is 0.504 e. The van der Waals surface area contributed by atoms with Gasteiger partial charge in [-0.25, -0.2) is 0 Å². The number of phenolic OH excluding ortho intramolecular Hbond substituents is 1. The fourth-order valence-electron chi connectivity index (χ4n) is 7.88. The highest BCUT2D eigenvalue weighted by atomic mass is 16.5. The number of aromatic hydroxyl groups is 1. The molecule has 6 atom stereocenters. The van der Waals surface area contributed by atoms with Crippen LogP contribution in [0, 0.1) is 5.92 Å². The average molecular weight is 491 g/mol. The van der Waals surface area contributed by atoms with E-state index in [1.165, 1.54) is 0 Å². The molecule has 1 saturated heterocycles. The van der Waals surface area contributed by atoms with E-state index in [2.05, 4.69) is 18.4 Å². The number of hydrogen-bond donors (Lipinski definition) is 2. The molecule has 2 aromatic rings. The molecule has 7 nitrogen and oxygen atoms in total. The third kappa shape index (κ3) is 2.90. The van der Waals surface area contributed by atoms with Gasteiger partial charge in [0.25, 0.3) is 0 Å². The molecule has 2 fully saturated rings. The highest BCUT2D eigenvalue weighted by molar-refractivity contribution is 5.92. The molecular formula is C29H34N2O5. The van der Waals surface area contributed by atoms with Gasteiger partial charge in [0.05, 0.1) is 29.6 Å². The average Bonchev–Trinajstić information content (AvgIpc) is 3.51. The van der Waals surface area contributed by atoms with E-state index in [0.29, 0.717) is 31.6 Å². The minimum Gasteiger partial charge on any atom is -0.504 e. The second-order valence-corrected chi connectivity index (χ2v) is 10.8. The second-order valence-electron chi connectivity index (χ2n) is 10.8. The summed E-state index contributed by atoms with van der Waals surface area (Å²) in [6.45, 7) is 7.60. The van der Waals surface area contributed by atoms with Crippen molar-refractivity contribution < 1.29 is 24.2 Å². The normalized spacial score (nSPS) is 34.3. The minimum absolute atomic E-state index is 0.0329. The number of likely N-dealkylation sites (N-methyl/N-ethyl adjacent to an activating group) is 1. The van der Waals surface area contributed by atoms with Gasteiger partial charge in [0.2, 0.25) is 5.91 Å². The Balaban J connectivity index is 1.47. The summed E-state index contributed by atoms with van der Waals surface area (Å²) in [5, 5.41) is 23.7. The quantitative estimate of drug-likeness (QED) is 0.476. The Kier molecular flexibility index (Phi) is 5.36. The summed E-state index contributed by atoms with van der Waals surface area (Å²) in [6.07, 6.45) is 10.8. The zero-order chi connectivity index (χ0) is 25.2. The lowest BCUT2D eigenvalue weighted by Crippen LogP contribution is -2.80. The van der Waals surface area contributed by atoms with Gasteiger partial charge in [0.1, 0.15) is 6.10 Å². The van der Waals surface area contributed by atoms with E-state index < -0.39 is 17.1 Å². The SMILES string of the molecule is C=CCN1CC[C@]23c4c5ccc(O)c4O[C@H]2[C@H](N(C)C(=O)/C=C/c2ccoc2)C[C@H](CC)[C@@]3(O)[C@H]1C5. The van der Waals surface area contributed by atoms with Crippen molar-refractivity contribution in [1.29, 1.82) is 0 Å². The first-order valence-corrected chi connectivity index (χ1v) is 12.9. The number of piperidine rings is 1. The number of ether oxygens (including phenoxy) is 1. The highest BCUT2D eigenvalue weighted by Crippen LogP contribution is 2.67. The monoisotopic (exact) mass is 490 g/mol. The summed E-state index contributed by atoms with van der Waals surface area (Å²) in [5.74, 6) is 0.434. The van der Waals surface area contributed by atoms with Gasteiger partial charge >= 0.3 is 0 Å². The molecule has 1 spiro atoms. The third-order valence-corrected chi connectivity index (χ3v) is 9.43. The van der Waals surface area contributed by atoms with Gasteiger partial charge in [-0.15, -0.1) is 6.58 Å². The van der Waals surface area contributed by atoms with E-state index in [-0.39, 0.29) is 29.7 Å². The molecule has 2 bridgehead atoms. The zero-order valence-corrected chi connectivity index (χ0v) is 20.9. The van der Waals surface area contributed by atoms with Crippen LogP contribution in [0.15, 0.2) is 53.9 Å². The zero-order valence-electron chi connectivity index (χ0n) is 20.9. The van der Waals surface area contributed by atoms with Gasteiger partial charge in [-0.05, 0) is 55.5 Å². The third-order valence-electron chi connectivity index (χ3n) is 9.43. The van der Waals surface area contributed by atoms with Crippen LogP contribution in [0.1, 0.15) is 42.9 Å². The van der Waals surface area contributed by atoms with Crippen LogP contribution in [-0.2, 0) is 16.6 Å². The second kappa shape index (κ2) is 8.25. The molecule has 190 valence electrons. The maximum atomic E-state index is 13.3. The van der Waals surface area contributed by atoms with Crippen molar-refractivity contribution in [1.82, 2.24) is 9.80 Å². The molecule has 4 aliphatic rings. The number of hydrogen-bond acceptors (Lipinski definition) is 6. The number of rotatable bonds is 6. The first-order valence-electron chi connectivity index (χ1n) is 12.9. The lowest BCUT2D eigenvalue weighted by Gasteiger charge is -2.67. The molecule has 1 aromatic carbocycles. The van der Waals surface area contributed by atoms with Crippen LogP contribution >= 0.6 is 0 Å². The summed E-state index contributed by atoms with van der Waals surface area (Å²) in [4.78, 5) is 17.5. The van der Waals surface area contributed by atoms with E-state index in [1.807, 2.05) is 19.2 Å². The standard InChI is InChI=1S/C29H34N2O5/c1-4-12-31-13-11-28-25-19-7-8-22(32)26(25)36-27(28)21(16-20(5-2)29(28,34)23(31)15-19)30(3)24(33)9-6-18-10-14-35-17-18/h4,6-10,14,17,20-21,23,27,32,34H,1,5,11-13,15-16H2,2-3H3/b9-6+/t20-,21+,23+,27-,28-,29+/m0/s1. The van der Waals surface area contributed by atoms with Crippen molar-refractivity contribution in [2.75, 3.05) is 20.1 Å². The van der Waals surface area contributed by atoms with E-state index in [4.69, 9.17) is 9.15 Å². The topological polar surface area (TPSA) is 86.4 Å². The number of aliphatic hydroxyl groups is 1. The van der Waals surface area contributed by atoms with Crippen LogP contribution < -0.4 is 4.74 Å². The van der Waals surface area contributed by atoms with Crippen LogP contribution in [0.3, 0.4) is 0 Å². The van der Waals surface area contributed by atoms with Crippen molar-refractivity contribution in [3.63, 3.8) is 0 Å². The van der Waals surface area contributed by atoms with Crippen molar-refractivity contribution in [3.8, 4) is 11.5 Å². The summed E-state index contributed by atoms with van der Waals surface area (Å²) in [6, 6.07) is 5.16. The molecule has 6 rings (SSSR count). The van der Waals surface area contributed by atoms with E-state index in [1.54, 1.807) is 41.7 Å². The van der Waals surface area contributed by atoms with Crippen molar-refractivity contribution in [2.45, 2.75) is 61.8 Å². The molecule has 1 amide bonds. The lowest BCUT2D eigenvalue weighted by molar-refractivity contribution is -0.226. The van der Waals surface area contributed by atoms with Crippen LogP contribution in [0.5, 0.6) is 11.5 Å². The van der Waals surface area contributed by atoms with Gasteiger partial charge in [-0.3, -0.25) is 9.69 Å². The Labute approximate surface area is 211 Å². The number of nitrogens with zero attached hydrogens (tertiary/aromatic N) is 2. The van der Waals surface area contributed by atoms with Gasteiger partial charge in [-0.2, -0.15) is 0 Å². The fraction of sp³-hybridized carbons (Fsp3) is 0.483. The summed E-state index contributed by atoms with van der Waals surface area (Å²) < 4.78 is 11.7. The Morgan fingerprint density at radius 3 is 2.92 bits per heavy atom. The van der Waals surface area contributed by atoms with Gasteiger partial charge in [-0.1, -0.05) is 25.5 Å². The number of amides is 1. The first-order chi connectivity index (χ1) is 17.4. The molecule has 0 unspecified atom stereocenters. The highest BCUT2D eigenvalue weighted by Gasteiger charge is 2.75. The van der Waals surface area contributed by atoms with E-state index in [9.17, 15) is 15.0 Å². The molecule has 2 N–H and O–H groups in total. The maximum absolute atomic E-state index is 13.3. The van der Waals surface area contributed by atoms with Crippen LogP contribution in [0.4, 0.5) is 0 Å². The molecule has 2 aliphatic heterocycles. The molecule has 1 aromatic heterocycles. The summed E-state index contributed by atoms with van der Waals surface area (Å²) in [7, 11) is 1.82. The van der Waals surface area contributed by atoms with Gasteiger partial charge in [0.15, 0.2) is 11.5 Å². The van der Waals surface area contributed by atoms with Gasteiger partial charge < -0.3 is 24.3 Å².